The molecule has 0 fully saturated rings. The number of halogens is 6. The molecule has 37 heavy (non-hydrogen) atoms. The summed E-state index contributed by atoms with van der Waals surface area (Å²) in [5.74, 6) is -0.0880. The van der Waals surface area contributed by atoms with Crippen molar-refractivity contribution in [2.75, 3.05) is 0 Å². The highest BCUT2D eigenvalue weighted by molar-refractivity contribution is 9.10. The maximum atomic E-state index is 14.1. The fourth-order valence-electron chi connectivity index (χ4n) is 3.97. The van der Waals surface area contributed by atoms with Crippen LogP contribution < -0.4 is 4.74 Å². The maximum Gasteiger partial charge on any atom is 0.417 e. The molecule has 4 nitrogen and oxygen atoms in total. The lowest BCUT2D eigenvalue weighted by molar-refractivity contribution is -0.136. The Bertz CT molecular complexity index is 1580. The summed E-state index contributed by atoms with van der Waals surface area (Å²) >= 11 is 9.40. The second kappa shape index (κ2) is 9.79. The van der Waals surface area contributed by atoms with E-state index in [0.29, 0.717) is 17.0 Å². The number of pyridine rings is 1. The number of ether oxygens (including phenoxy) is 1. The Morgan fingerprint density at radius 3 is 2.35 bits per heavy atom. The molecule has 10 heteroatoms. The van der Waals surface area contributed by atoms with E-state index in [2.05, 4.69) is 26.0 Å². The van der Waals surface area contributed by atoms with E-state index in [1.807, 2.05) is 0 Å². The van der Waals surface area contributed by atoms with Gasteiger partial charge in [0.15, 0.2) is 5.65 Å². The highest BCUT2D eigenvalue weighted by atomic mass is 79.9. The van der Waals surface area contributed by atoms with E-state index in [1.165, 1.54) is 23.7 Å². The lowest BCUT2D eigenvalue weighted by Crippen LogP contribution is -2.08. The molecule has 0 bridgehead atoms. The van der Waals surface area contributed by atoms with E-state index < -0.39 is 17.6 Å². The molecule has 0 saturated carbocycles. The molecular formula is C27H17BrClF4N3O. The average molecular weight is 591 g/mol. The van der Waals surface area contributed by atoms with Gasteiger partial charge >= 0.3 is 6.18 Å². The largest absolute Gasteiger partial charge is 0.489 e. The molecule has 188 valence electrons. The highest BCUT2D eigenvalue weighted by Crippen LogP contribution is 2.39. The Morgan fingerprint density at radius 2 is 1.70 bits per heavy atom. The zero-order valence-corrected chi connectivity index (χ0v) is 21.5. The minimum atomic E-state index is -4.61. The minimum absolute atomic E-state index is 0.0547. The number of benzene rings is 3. The van der Waals surface area contributed by atoms with Gasteiger partial charge in [0.1, 0.15) is 18.2 Å². The number of rotatable bonds is 5. The highest BCUT2D eigenvalue weighted by Gasteiger charge is 2.36. The summed E-state index contributed by atoms with van der Waals surface area (Å²) in [6.07, 6.45) is -4.61. The summed E-state index contributed by atoms with van der Waals surface area (Å²) in [5, 5.41) is 4.54. The Labute approximate surface area is 222 Å². The molecule has 0 aliphatic carbocycles. The monoisotopic (exact) mass is 589 g/mol. The van der Waals surface area contributed by atoms with Crippen LogP contribution in [0.15, 0.2) is 77.3 Å². The van der Waals surface area contributed by atoms with Gasteiger partial charge in [-0.25, -0.2) is 14.1 Å². The summed E-state index contributed by atoms with van der Waals surface area (Å²) in [7, 11) is 0. The van der Waals surface area contributed by atoms with Gasteiger partial charge in [-0.3, -0.25) is 0 Å². The summed E-state index contributed by atoms with van der Waals surface area (Å²) in [6.45, 7) is 1.43. The molecular weight excluding hydrogens is 574 g/mol. The van der Waals surface area contributed by atoms with Crippen molar-refractivity contribution in [3.05, 3.63) is 105 Å². The summed E-state index contributed by atoms with van der Waals surface area (Å²) in [4.78, 5) is 4.57. The number of hydrogen-bond acceptors (Lipinski definition) is 3. The molecule has 0 N–H and O–H groups in total. The van der Waals surface area contributed by atoms with E-state index in [9.17, 15) is 17.6 Å². The predicted octanol–water partition coefficient (Wildman–Crippen LogP) is 8.55. The molecule has 5 aromatic rings. The lowest BCUT2D eigenvalue weighted by Gasteiger charge is -2.13. The van der Waals surface area contributed by atoms with Crippen LogP contribution in [0.4, 0.5) is 17.6 Å². The third kappa shape index (κ3) is 5.06. The van der Waals surface area contributed by atoms with Gasteiger partial charge in [0.25, 0.3) is 0 Å². The van der Waals surface area contributed by atoms with Crippen LogP contribution in [-0.2, 0) is 12.8 Å². The molecule has 0 unspecified atom stereocenters. The third-order valence-corrected chi connectivity index (χ3v) is 6.67. The maximum absolute atomic E-state index is 14.1. The van der Waals surface area contributed by atoms with Gasteiger partial charge in [0.05, 0.1) is 33.0 Å². The Kier molecular flexibility index (Phi) is 6.68. The third-order valence-electron chi connectivity index (χ3n) is 5.78. The summed E-state index contributed by atoms with van der Waals surface area (Å²) < 4.78 is 64.2. The van der Waals surface area contributed by atoms with Crippen molar-refractivity contribution in [2.24, 2.45) is 0 Å². The Balaban J connectivity index is 1.54. The first-order chi connectivity index (χ1) is 17.6. The van der Waals surface area contributed by atoms with Crippen LogP contribution >= 0.6 is 27.5 Å². The predicted molar refractivity (Wildman–Crippen MR) is 137 cm³/mol. The average Bonchev–Trinajstić information content (AvgIpc) is 3.19. The molecule has 5 rings (SSSR count). The Morgan fingerprint density at radius 1 is 1.00 bits per heavy atom. The molecule has 0 spiro atoms. The van der Waals surface area contributed by atoms with E-state index in [1.54, 1.807) is 54.6 Å². The quantitative estimate of drug-likeness (QED) is 0.193. The van der Waals surface area contributed by atoms with Gasteiger partial charge in [0, 0.05) is 15.6 Å². The second-order valence-electron chi connectivity index (χ2n) is 8.24. The molecule has 0 aliphatic rings. The van der Waals surface area contributed by atoms with Crippen LogP contribution in [0.25, 0.3) is 28.0 Å². The number of aromatic nitrogens is 3. The van der Waals surface area contributed by atoms with Crippen LogP contribution in [-0.4, -0.2) is 14.8 Å². The molecule has 0 amide bonds. The fraction of sp³-hybridized carbons (Fsp3) is 0.111. The zero-order chi connectivity index (χ0) is 26.3. The van der Waals surface area contributed by atoms with Crippen LogP contribution in [0.2, 0.25) is 5.02 Å². The molecule has 3 aromatic carbocycles. The lowest BCUT2D eigenvalue weighted by atomic mass is 10.0. The molecule has 0 aliphatic heterocycles. The molecule has 2 aromatic heterocycles. The van der Waals surface area contributed by atoms with Crippen molar-refractivity contribution in [1.29, 1.82) is 0 Å². The first kappa shape index (κ1) is 25.2. The summed E-state index contributed by atoms with van der Waals surface area (Å²) in [5.41, 5.74) is 0.870. The van der Waals surface area contributed by atoms with Crippen molar-refractivity contribution in [2.45, 2.75) is 19.7 Å². The smallest absolute Gasteiger partial charge is 0.417 e. The van der Waals surface area contributed by atoms with Crippen LogP contribution in [0.3, 0.4) is 0 Å². The van der Waals surface area contributed by atoms with Gasteiger partial charge in [-0.1, -0.05) is 33.6 Å². The van der Waals surface area contributed by atoms with E-state index in [4.69, 9.17) is 16.3 Å². The molecule has 2 heterocycles. The fourth-order valence-corrected chi connectivity index (χ4v) is 4.45. The SMILES string of the molecule is Cc1nn(-c2ccc(Br)cc2)c2nc(-c3ccc(OCc4c(F)cccc4Cl)cc3)cc(C(F)(F)F)c12. The van der Waals surface area contributed by atoms with E-state index >= 15 is 0 Å². The Hall–Kier alpha value is -3.43. The zero-order valence-electron chi connectivity index (χ0n) is 19.2. The first-order valence-corrected chi connectivity index (χ1v) is 12.2. The van der Waals surface area contributed by atoms with Gasteiger partial charge in [-0.15, -0.1) is 0 Å². The minimum Gasteiger partial charge on any atom is -0.489 e. The van der Waals surface area contributed by atoms with Crippen LogP contribution in [0.1, 0.15) is 16.8 Å². The molecule has 0 saturated heterocycles. The standard InChI is InChI=1S/C27H17BrClF4N3O/c1-15-25-21(27(31,32)33)13-24(34-26(25)36(35-15)18-9-7-17(28)8-10-18)16-5-11-19(12-6-16)37-14-20-22(29)3-2-4-23(20)30/h2-13H,14H2,1H3. The van der Waals surface area contributed by atoms with E-state index in [0.717, 1.165) is 10.5 Å². The number of alkyl halides is 3. The topological polar surface area (TPSA) is 39.9 Å². The molecule has 0 atom stereocenters. The van der Waals surface area contributed by atoms with Gasteiger partial charge in [-0.05, 0) is 73.7 Å². The second-order valence-corrected chi connectivity index (χ2v) is 9.56. The van der Waals surface area contributed by atoms with E-state index in [-0.39, 0.29) is 39.6 Å². The van der Waals surface area contributed by atoms with Crippen LogP contribution in [0, 0.1) is 12.7 Å². The number of hydrogen-bond donors (Lipinski definition) is 0. The first-order valence-electron chi connectivity index (χ1n) is 11.0. The van der Waals surface area contributed by atoms with Crippen LogP contribution in [0.5, 0.6) is 5.75 Å². The van der Waals surface area contributed by atoms with Crippen molar-refractivity contribution in [3.8, 4) is 22.7 Å². The van der Waals surface area contributed by atoms with Crippen molar-refractivity contribution in [1.82, 2.24) is 14.8 Å². The van der Waals surface area contributed by atoms with Gasteiger partial charge in [-0.2, -0.15) is 18.3 Å². The summed E-state index contributed by atoms with van der Waals surface area (Å²) in [6, 6.07) is 18.8. The number of nitrogens with zero attached hydrogens (tertiary/aromatic N) is 3. The molecule has 0 radical (unpaired) electrons. The van der Waals surface area contributed by atoms with Gasteiger partial charge in [0.2, 0.25) is 0 Å². The van der Waals surface area contributed by atoms with Crippen molar-refractivity contribution >= 4 is 38.6 Å². The number of aryl methyl sites for hydroxylation is 1. The normalized spacial score (nSPS) is 11.8. The van der Waals surface area contributed by atoms with Crippen molar-refractivity contribution in [3.63, 3.8) is 0 Å². The number of fused-ring (bicyclic) bond motifs is 1. The van der Waals surface area contributed by atoms with Gasteiger partial charge < -0.3 is 4.74 Å². The van der Waals surface area contributed by atoms with Crippen molar-refractivity contribution < 1.29 is 22.3 Å².